The predicted molar refractivity (Wildman–Crippen MR) is 201 cm³/mol. The van der Waals surface area contributed by atoms with Crippen LogP contribution in [-0.4, -0.2) is 90.1 Å². The van der Waals surface area contributed by atoms with Crippen LogP contribution < -0.4 is 30.9 Å². The Kier molecular flexibility index (Phi) is 10.8. The molecule has 2 saturated heterocycles. The van der Waals surface area contributed by atoms with E-state index in [0.717, 1.165) is 80.3 Å². The van der Waals surface area contributed by atoms with Gasteiger partial charge in [-0.25, -0.2) is 15.0 Å². The van der Waals surface area contributed by atoms with Crippen LogP contribution in [-0.2, 0) is 17.4 Å². The summed E-state index contributed by atoms with van der Waals surface area (Å²) in [7, 11) is -2.74. The molecule has 2 aromatic heterocycles. The third-order valence-corrected chi connectivity index (χ3v) is 11.4. The Hall–Kier alpha value is -3.31. The van der Waals surface area contributed by atoms with Crippen LogP contribution in [0, 0.1) is 0 Å². The molecule has 2 aliphatic rings. The van der Waals surface area contributed by atoms with E-state index in [1.165, 1.54) is 24.1 Å². The maximum absolute atomic E-state index is 13.6. The van der Waals surface area contributed by atoms with Gasteiger partial charge in [0.2, 0.25) is 5.95 Å². The number of hydrogen-bond donors (Lipinski definition) is 3. The summed E-state index contributed by atoms with van der Waals surface area (Å²) in [5, 5.41) is 11.8. The van der Waals surface area contributed by atoms with Gasteiger partial charge in [0.1, 0.15) is 24.5 Å². The molecule has 2 aliphatic heterocycles. The van der Waals surface area contributed by atoms with E-state index in [-0.39, 0.29) is 0 Å². The molecule has 256 valence electrons. The van der Waals surface area contributed by atoms with Crippen LogP contribution in [0.25, 0.3) is 10.9 Å². The summed E-state index contributed by atoms with van der Waals surface area (Å²) >= 11 is 3.62. The minimum atomic E-state index is -2.74. The molecule has 0 unspecified atom stereocenters. The van der Waals surface area contributed by atoms with Gasteiger partial charge < -0.3 is 30.2 Å². The fourth-order valence-corrected chi connectivity index (χ4v) is 8.58. The number of aromatic nitrogens is 4. The molecule has 0 spiro atoms. The Morgan fingerprint density at radius 3 is 2.42 bits per heavy atom. The highest BCUT2D eigenvalue weighted by molar-refractivity contribution is 9.10. The molecule has 6 rings (SSSR count). The van der Waals surface area contributed by atoms with E-state index in [2.05, 4.69) is 75.7 Å². The summed E-state index contributed by atoms with van der Waals surface area (Å²) in [6, 6.07) is 8.87. The summed E-state index contributed by atoms with van der Waals surface area (Å²) in [5.41, 5.74) is 4.79. The lowest BCUT2D eigenvalue weighted by atomic mass is 9.99. The molecule has 2 aromatic carbocycles. The third kappa shape index (κ3) is 7.62. The molecule has 3 N–H and O–H groups in total. The Balaban J connectivity index is 1.26. The summed E-state index contributed by atoms with van der Waals surface area (Å²) in [5.74, 6) is 2.50. The van der Waals surface area contributed by atoms with Crippen LogP contribution in [0.3, 0.4) is 0 Å². The largest absolute Gasteiger partial charge is 0.492 e. The predicted octanol–water partition coefficient (Wildman–Crippen LogP) is 6.32. The Bertz CT molecular complexity index is 1800. The summed E-state index contributed by atoms with van der Waals surface area (Å²) < 4.78 is 20.5. The zero-order valence-electron chi connectivity index (χ0n) is 28.6. The SMILES string of the molecule is CCOc1cc(N2CCC(N3CCNCC3)CC2)c(CC)cc1Nc1ncc(Br)c(Nc2ccc3nc(CC)ncc3c2P(C)(C)=O)n1. The number of nitrogens with one attached hydrogen (secondary N) is 3. The number of halogens is 1. The zero-order chi connectivity index (χ0) is 33.8. The molecule has 0 bridgehead atoms. The Morgan fingerprint density at radius 1 is 0.958 bits per heavy atom. The average Bonchev–Trinajstić information content (AvgIpc) is 3.10. The average molecular weight is 737 g/mol. The molecule has 4 aromatic rings. The van der Waals surface area contributed by atoms with Gasteiger partial charge in [0.15, 0.2) is 0 Å². The second kappa shape index (κ2) is 15.1. The zero-order valence-corrected chi connectivity index (χ0v) is 31.1. The minimum Gasteiger partial charge on any atom is -0.492 e. The highest BCUT2D eigenvalue weighted by Gasteiger charge is 2.27. The van der Waals surface area contributed by atoms with E-state index in [9.17, 15) is 4.57 Å². The van der Waals surface area contributed by atoms with Crippen molar-refractivity contribution in [3.63, 3.8) is 0 Å². The molecule has 13 heteroatoms. The van der Waals surface area contributed by atoms with Crippen molar-refractivity contribution in [2.75, 3.05) is 74.7 Å². The standard InChI is InChI=1S/C35H47BrN9O2P/c1-6-23-19-29(31(47-8-3)20-30(23)45-15-11-24(12-16-45)44-17-13-37-14-18-44)42-35-39-22-26(36)34(43-35)41-28-10-9-27-25(33(28)48(4,5)46)21-38-32(7-2)40-27/h9-10,19-22,24,37H,6-8,11-18H2,1-5H3,(H2,39,41,42,43). The molecule has 11 nitrogen and oxygen atoms in total. The third-order valence-electron chi connectivity index (χ3n) is 9.22. The summed E-state index contributed by atoms with van der Waals surface area (Å²) in [4.78, 5) is 23.8. The van der Waals surface area contributed by atoms with Crippen molar-refractivity contribution in [2.45, 2.75) is 52.5 Å². The van der Waals surface area contributed by atoms with Crippen molar-refractivity contribution < 1.29 is 9.30 Å². The van der Waals surface area contributed by atoms with Gasteiger partial charge in [-0.1, -0.05) is 13.8 Å². The molecule has 0 amide bonds. The molecule has 2 fully saturated rings. The van der Waals surface area contributed by atoms with Crippen LogP contribution >= 0.6 is 23.1 Å². The lowest BCUT2D eigenvalue weighted by Crippen LogP contribution is -2.52. The van der Waals surface area contributed by atoms with Crippen molar-refractivity contribution in [1.82, 2.24) is 30.2 Å². The Labute approximate surface area is 292 Å². The second-order valence-electron chi connectivity index (χ2n) is 12.8. The van der Waals surface area contributed by atoms with Crippen LogP contribution in [0.4, 0.5) is 28.8 Å². The van der Waals surface area contributed by atoms with Crippen LogP contribution in [0.5, 0.6) is 5.75 Å². The number of rotatable bonds is 11. The molecule has 0 atom stereocenters. The first-order chi connectivity index (χ1) is 23.2. The van der Waals surface area contributed by atoms with Gasteiger partial charge in [0, 0.05) is 86.6 Å². The first-order valence-electron chi connectivity index (χ1n) is 17.1. The molecule has 0 saturated carbocycles. The quantitative estimate of drug-likeness (QED) is 0.150. The van der Waals surface area contributed by atoms with Crippen molar-refractivity contribution in [3.05, 3.63) is 52.5 Å². The van der Waals surface area contributed by atoms with Gasteiger partial charge in [0.05, 0.1) is 28.0 Å². The molecular formula is C35H47BrN9O2P. The van der Waals surface area contributed by atoms with Crippen LogP contribution in [0.1, 0.15) is 45.0 Å². The van der Waals surface area contributed by atoms with Crippen molar-refractivity contribution in [2.24, 2.45) is 0 Å². The molecular weight excluding hydrogens is 689 g/mol. The van der Waals surface area contributed by atoms with Gasteiger partial charge in [-0.2, -0.15) is 4.98 Å². The fraction of sp³-hybridized carbons (Fsp3) is 0.486. The van der Waals surface area contributed by atoms with Crippen molar-refractivity contribution in [1.29, 1.82) is 0 Å². The van der Waals surface area contributed by atoms with E-state index < -0.39 is 7.14 Å². The molecule has 48 heavy (non-hydrogen) atoms. The number of piperidine rings is 1. The number of nitrogens with zero attached hydrogens (tertiary/aromatic N) is 6. The highest BCUT2D eigenvalue weighted by atomic mass is 79.9. The van der Waals surface area contributed by atoms with Gasteiger partial charge in [-0.15, -0.1) is 0 Å². The minimum absolute atomic E-state index is 0.419. The summed E-state index contributed by atoms with van der Waals surface area (Å²) in [6.07, 6.45) is 7.46. The monoisotopic (exact) mass is 735 g/mol. The maximum atomic E-state index is 13.6. The number of ether oxygens (including phenoxy) is 1. The van der Waals surface area contributed by atoms with Crippen LogP contribution in [0.15, 0.2) is 41.1 Å². The number of benzene rings is 2. The second-order valence-corrected chi connectivity index (χ2v) is 16.8. The number of hydrogen-bond acceptors (Lipinski definition) is 11. The van der Waals surface area contributed by atoms with E-state index in [1.807, 2.05) is 26.0 Å². The Morgan fingerprint density at radius 2 is 1.73 bits per heavy atom. The number of fused-ring (bicyclic) bond motifs is 1. The van der Waals surface area contributed by atoms with E-state index >= 15 is 0 Å². The normalized spacial score (nSPS) is 16.3. The molecule has 0 aliphatic carbocycles. The van der Waals surface area contributed by atoms with Gasteiger partial charge >= 0.3 is 0 Å². The van der Waals surface area contributed by atoms with E-state index in [0.29, 0.717) is 39.9 Å². The molecule has 4 heterocycles. The van der Waals surface area contributed by atoms with Crippen LogP contribution in [0.2, 0.25) is 0 Å². The summed E-state index contributed by atoms with van der Waals surface area (Å²) in [6.45, 7) is 16.8. The van der Waals surface area contributed by atoms with E-state index in [1.54, 1.807) is 25.7 Å². The number of aryl methyl sites for hydroxylation is 2. The molecule has 0 radical (unpaired) electrons. The van der Waals surface area contributed by atoms with Gasteiger partial charge in [-0.05, 0) is 79.2 Å². The van der Waals surface area contributed by atoms with E-state index in [4.69, 9.17) is 9.72 Å². The first-order valence-corrected chi connectivity index (χ1v) is 20.5. The highest BCUT2D eigenvalue weighted by Crippen LogP contribution is 2.42. The smallest absolute Gasteiger partial charge is 0.229 e. The lowest BCUT2D eigenvalue weighted by molar-refractivity contribution is 0.150. The van der Waals surface area contributed by atoms with Gasteiger partial charge in [0.25, 0.3) is 0 Å². The van der Waals surface area contributed by atoms with Gasteiger partial charge in [-0.3, -0.25) is 4.90 Å². The lowest BCUT2D eigenvalue weighted by Gasteiger charge is -2.41. The first kappa shape index (κ1) is 34.5. The topological polar surface area (TPSA) is 120 Å². The fourth-order valence-electron chi connectivity index (χ4n) is 6.83. The maximum Gasteiger partial charge on any atom is 0.229 e. The number of anilines is 5. The number of piperazine rings is 1. The van der Waals surface area contributed by atoms with Crippen molar-refractivity contribution >= 4 is 68.1 Å². The van der Waals surface area contributed by atoms with Crippen molar-refractivity contribution in [3.8, 4) is 5.75 Å².